The third-order valence-corrected chi connectivity index (χ3v) is 7.82. The highest BCUT2D eigenvalue weighted by Gasteiger charge is 2.26. The molecule has 2 aliphatic rings. The molecule has 0 aliphatic carbocycles. The molecule has 0 bridgehead atoms. The number of nitrogens with zero attached hydrogens (tertiary/aromatic N) is 3. The summed E-state index contributed by atoms with van der Waals surface area (Å²) < 4.78 is 5.00. The minimum Gasteiger partial charge on any atom is -0.469 e. The lowest BCUT2D eigenvalue weighted by molar-refractivity contribution is -0.141. The van der Waals surface area contributed by atoms with Crippen molar-refractivity contribution in [3.8, 4) is 0 Å². The molecule has 1 fully saturated rings. The number of para-hydroxylation sites is 1. The average molecular weight is 528 g/mol. The second-order valence-electron chi connectivity index (χ2n) is 10.5. The van der Waals surface area contributed by atoms with E-state index in [-0.39, 0.29) is 17.8 Å². The van der Waals surface area contributed by atoms with Crippen molar-refractivity contribution in [3.05, 3.63) is 71.9 Å². The number of fused-ring (bicyclic) bond motifs is 1. The molecule has 2 N–H and O–H groups in total. The maximum Gasteiger partial charge on any atom is 0.306 e. The zero-order chi connectivity index (χ0) is 27.0. The topological polar surface area (TPSA) is 95.9 Å². The van der Waals surface area contributed by atoms with Gasteiger partial charge in [0.1, 0.15) is 0 Å². The Hall–Kier alpha value is -3.94. The van der Waals surface area contributed by atoms with Crippen molar-refractivity contribution in [2.75, 3.05) is 38.6 Å². The molecule has 0 spiro atoms. The van der Waals surface area contributed by atoms with Crippen molar-refractivity contribution in [1.29, 1.82) is 0 Å². The minimum atomic E-state index is -0.198. The highest BCUT2D eigenvalue weighted by Crippen LogP contribution is 2.32. The Bertz CT molecular complexity index is 1330. The largest absolute Gasteiger partial charge is 0.469 e. The number of pyridine rings is 1. The highest BCUT2D eigenvalue weighted by atomic mass is 16.5. The van der Waals surface area contributed by atoms with Gasteiger partial charge < -0.3 is 20.3 Å². The molecule has 1 atom stereocenters. The summed E-state index contributed by atoms with van der Waals surface area (Å²) in [6.07, 6.45) is 7.10. The molecule has 3 heterocycles. The fourth-order valence-electron chi connectivity index (χ4n) is 5.51. The van der Waals surface area contributed by atoms with Crippen LogP contribution in [0.2, 0.25) is 0 Å². The van der Waals surface area contributed by atoms with Crippen molar-refractivity contribution in [2.45, 2.75) is 44.4 Å². The molecule has 5 rings (SSSR count). The molecular formula is C31H37N5O3. The molecule has 204 valence electrons. The third kappa shape index (κ3) is 6.93. The fraction of sp³-hybridized carbons (Fsp3) is 0.419. The Kier molecular flexibility index (Phi) is 8.71. The van der Waals surface area contributed by atoms with E-state index < -0.39 is 0 Å². The molecule has 1 saturated heterocycles. The second-order valence-corrected chi connectivity index (χ2v) is 10.5. The summed E-state index contributed by atoms with van der Waals surface area (Å²) in [5, 5.41) is 7.62. The zero-order valence-corrected chi connectivity index (χ0v) is 22.6. The van der Waals surface area contributed by atoms with Crippen LogP contribution in [0, 0.1) is 5.92 Å². The SMILES string of the molecule is COC(=O)CC(CCC1CCN(C(=O)c2cccc(NC3=NCCCN3)c2)CC1)c1cnc2ccccc2c1. The number of carbonyl (C=O) groups excluding carboxylic acids is 2. The predicted octanol–water partition coefficient (Wildman–Crippen LogP) is 4.98. The molecular weight excluding hydrogens is 490 g/mol. The summed E-state index contributed by atoms with van der Waals surface area (Å²) in [5.74, 6) is 1.22. The van der Waals surface area contributed by atoms with E-state index in [1.54, 1.807) is 0 Å². The first kappa shape index (κ1) is 26.7. The van der Waals surface area contributed by atoms with Crippen LogP contribution in [0.3, 0.4) is 0 Å². The average Bonchev–Trinajstić information content (AvgIpc) is 2.99. The Balaban J connectivity index is 1.16. The fourth-order valence-corrected chi connectivity index (χ4v) is 5.51. The Morgan fingerprint density at radius 3 is 2.77 bits per heavy atom. The molecule has 8 heteroatoms. The van der Waals surface area contributed by atoms with Gasteiger partial charge in [-0.3, -0.25) is 19.6 Å². The molecule has 0 saturated carbocycles. The van der Waals surface area contributed by atoms with Crippen LogP contribution in [0.15, 0.2) is 65.8 Å². The van der Waals surface area contributed by atoms with Gasteiger partial charge >= 0.3 is 5.97 Å². The number of esters is 1. The highest BCUT2D eigenvalue weighted by molar-refractivity contribution is 5.98. The van der Waals surface area contributed by atoms with Crippen molar-refractivity contribution < 1.29 is 14.3 Å². The van der Waals surface area contributed by atoms with E-state index in [1.165, 1.54) is 7.11 Å². The number of ether oxygens (including phenoxy) is 1. The van der Waals surface area contributed by atoms with Gasteiger partial charge in [-0.15, -0.1) is 0 Å². The van der Waals surface area contributed by atoms with Crippen molar-refractivity contribution in [2.24, 2.45) is 10.9 Å². The summed E-state index contributed by atoms with van der Waals surface area (Å²) in [6, 6.07) is 17.8. The monoisotopic (exact) mass is 527 g/mol. The number of benzene rings is 2. The zero-order valence-electron chi connectivity index (χ0n) is 22.6. The Morgan fingerprint density at radius 1 is 1.13 bits per heavy atom. The van der Waals surface area contributed by atoms with E-state index in [2.05, 4.69) is 32.7 Å². The van der Waals surface area contributed by atoms with Gasteiger partial charge in [0.2, 0.25) is 0 Å². The van der Waals surface area contributed by atoms with Crippen LogP contribution < -0.4 is 10.6 Å². The standard InChI is InChI=1S/C31H37N5O3/c1-39-29(37)20-23(26-18-24-6-2-3-9-28(24)34-21-26)11-10-22-12-16-36(17-13-22)30(38)25-7-4-8-27(19-25)35-31-32-14-5-15-33-31/h2-4,6-9,18-19,21-23H,5,10-17,20H2,1H3,(H2,32,33,35). The first-order valence-electron chi connectivity index (χ1n) is 14.0. The number of anilines is 1. The number of hydrogen-bond acceptors (Lipinski definition) is 7. The molecule has 1 aromatic heterocycles. The van der Waals surface area contributed by atoms with Crippen LogP contribution in [0.25, 0.3) is 10.9 Å². The first-order valence-corrected chi connectivity index (χ1v) is 14.0. The van der Waals surface area contributed by atoms with Gasteiger partial charge in [-0.2, -0.15) is 0 Å². The summed E-state index contributed by atoms with van der Waals surface area (Å²) in [6.45, 7) is 3.21. The van der Waals surface area contributed by atoms with Crippen molar-refractivity contribution in [1.82, 2.24) is 15.2 Å². The number of likely N-dealkylation sites (tertiary alicyclic amines) is 1. The Labute approximate surface area is 229 Å². The van der Waals surface area contributed by atoms with Crippen LogP contribution in [0.5, 0.6) is 0 Å². The van der Waals surface area contributed by atoms with E-state index in [0.717, 1.165) is 86.4 Å². The van der Waals surface area contributed by atoms with Gasteiger partial charge in [0.25, 0.3) is 5.91 Å². The van der Waals surface area contributed by atoms with Gasteiger partial charge in [-0.1, -0.05) is 24.3 Å². The number of piperidine rings is 1. The van der Waals surface area contributed by atoms with E-state index >= 15 is 0 Å². The smallest absolute Gasteiger partial charge is 0.306 e. The first-order chi connectivity index (χ1) is 19.1. The normalized spacial score (nSPS) is 16.7. The molecule has 2 aromatic carbocycles. The molecule has 0 radical (unpaired) electrons. The van der Waals surface area contributed by atoms with E-state index in [4.69, 9.17) is 4.74 Å². The molecule has 1 amide bonds. The third-order valence-electron chi connectivity index (χ3n) is 7.82. The lowest BCUT2D eigenvalue weighted by Gasteiger charge is -2.33. The van der Waals surface area contributed by atoms with Crippen molar-refractivity contribution in [3.63, 3.8) is 0 Å². The quantitative estimate of drug-likeness (QED) is 0.402. The lowest BCUT2D eigenvalue weighted by Crippen LogP contribution is -2.38. The number of carbonyl (C=O) groups is 2. The van der Waals surface area contributed by atoms with Gasteiger partial charge in [-0.05, 0) is 79.8 Å². The van der Waals surface area contributed by atoms with Gasteiger partial charge in [0.15, 0.2) is 5.96 Å². The number of aliphatic imine (C=N–C) groups is 1. The lowest BCUT2D eigenvalue weighted by atomic mass is 9.85. The van der Waals surface area contributed by atoms with Crippen LogP contribution in [-0.4, -0.2) is 61.0 Å². The maximum absolute atomic E-state index is 13.3. The van der Waals surface area contributed by atoms with E-state index in [9.17, 15) is 9.59 Å². The van der Waals surface area contributed by atoms with Crippen LogP contribution >= 0.6 is 0 Å². The molecule has 8 nitrogen and oxygen atoms in total. The van der Waals surface area contributed by atoms with Crippen molar-refractivity contribution >= 4 is 34.4 Å². The minimum absolute atomic E-state index is 0.0627. The molecule has 2 aliphatic heterocycles. The Morgan fingerprint density at radius 2 is 1.97 bits per heavy atom. The number of amides is 1. The second kappa shape index (κ2) is 12.7. The number of guanidine groups is 1. The number of methoxy groups -OCH3 is 1. The number of aromatic nitrogens is 1. The number of nitrogens with one attached hydrogen (secondary N) is 2. The summed E-state index contributed by atoms with van der Waals surface area (Å²) >= 11 is 0. The van der Waals surface area contributed by atoms with Crippen LogP contribution in [0.1, 0.15) is 60.4 Å². The van der Waals surface area contributed by atoms with Gasteiger partial charge in [0, 0.05) is 49.0 Å². The van der Waals surface area contributed by atoms with Crippen LogP contribution in [-0.2, 0) is 9.53 Å². The molecule has 1 unspecified atom stereocenters. The van der Waals surface area contributed by atoms with E-state index in [0.29, 0.717) is 17.9 Å². The molecule has 39 heavy (non-hydrogen) atoms. The summed E-state index contributed by atoms with van der Waals surface area (Å²) in [5.41, 5.74) is 3.59. The summed E-state index contributed by atoms with van der Waals surface area (Å²) in [7, 11) is 1.44. The number of hydrogen-bond donors (Lipinski definition) is 2. The predicted molar refractivity (Wildman–Crippen MR) is 154 cm³/mol. The number of rotatable bonds is 8. The molecule has 3 aromatic rings. The van der Waals surface area contributed by atoms with Crippen LogP contribution in [0.4, 0.5) is 5.69 Å². The van der Waals surface area contributed by atoms with Gasteiger partial charge in [0.05, 0.1) is 19.0 Å². The summed E-state index contributed by atoms with van der Waals surface area (Å²) in [4.78, 5) is 36.5. The maximum atomic E-state index is 13.3. The van der Waals surface area contributed by atoms with Gasteiger partial charge in [-0.25, -0.2) is 0 Å². The van der Waals surface area contributed by atoms with E-state index in [1.807, 2.05) is 53.6 Å².